The Balaban J connectivity index is 2.14. The van der Waals surface area contributed by atoms with Crippen molar-refractivity contribution in [3.63, 3.8) is 0 Å². The molecule has 0 amide bonds. The van der Waals surface area contributed by atoms with Crippen LogP contribution in [-0.2, 0) is 0 Å². The minimum Gasteiger partial charge on any atom is -0.158 e. The molecule has 2 atom stereocenters. The van der Waals surface area contributed by atoms with Crippen molar-refractivity contribution in [2.24, 2.45) is 5.92 Å². The van der Waals surface area contributed by atoms with Gasteiger partial charge in [0.15, 0.2) is 0 Å². The van der Waals surface area contributed by atoms with Crippen LogP contribution in [0.25, 0.3) is 0 Å². The van der Waals surface area contributed by atoms with Crippen LogP contribution in [0.15, 0.2) is 0 Å². The molecule has 10 heavy (non-hydrogen) atoms. The van der Waals surface area contributed by atoms with Crippen molar-refractivity contribution in [3.05, 3.63) is 0 Å². The van der Waals surface area contributed by atoms with Gasteiger partial charge >= 0.3 is 0 Å². The average molecular weight is 158 g/mol. The van der Waals surface area contributed by atoms with Crippen LogP contribution in [0.2, 0.25) is 0 Å². The molecule has 0 aromatic heterocycles. The zero-order chi connectivity index (χ0) is 7.40. The van der Waals surface area contributed by atoms with E-state index < -0.39 is 0 Å². The Kier molecular flexibility index (Phi) is 3.61. The van der Waals surface area contributed by atoms with Crippen molar-refractivity contribution < 1.29 is 0 Å². The van der Waals surface area contributed by atoms with E-state index in [9.17, 15) is 0 Å². The highest BCUT2D eigenvalue weighted by Crippen LogP contribution is 2.34. The topological polar surface area (TPSA) is 0 Å². The van der Waals surface area contributed by atoms with Crippen molar-refractivity contribution in [2.45, 2.75) is 44.8 Å². The van der Waals surface area contributed by atoms with Crippen LogP contribution >= 0.6 is 11.8 Å². The number of thioether (sulfide) groups is 1. The van der Waals surface area contributed by atoms with Crippen molar-refractivity contribution >= 4 is 11.8 Å². The fraction of sp³-hybridized carbons (Fsp3) is 1.00. The Morgan fingerprint density at radius 2 is 2.30 bits per heavy atom. The van der Waals surface area contributed by atoms with Gasteiger partial charge in [-0.2, -0.15) is 11.8 Å². The fourth-order valence-electron chi connectivity index (χ4n) is 1.53. The Morgan fingerprint density at radius 1 is 1.50 bits per heavy atom. The molecule has 0 bridgehead atoms. The lowest BCUT2D eigenvalue weighted by atomic mass is 10.0. The maximum Gasteiger partial charge on any atom is 0.00729 e. The lowest BCUT2D eigenvalue weighted by molar-refractivity contribution is 0.523. The largest absolute Gasteiger partial charge is 0.158 e. The zero-order valence-corrected chi connectivity index (χ0v) is 7.91. The number of rotatable bonds is 3. The fourth-order valence-corrected chi connectivity index (χ4v) is 3.14. The van der Waals surface area contributed by atoms with E-state index >= 15 is 0 Å². The Labute approximate surface area is 68.8 Å². The highest BCUT2D eigenvalue weighted by molar-refractivity contribution is 8.00. The molecule has 1 heterocycles. The standard InChI is InChI=1S/C9H18S/c1-3-4-5-9-8(2)6-7-10-9/h8-9H,3-7H2,1-2H3/t8-,9-/m0/s1. The Morgan fingerprint density at radius 3 is 2.80 bits per heavy atom. The van der Waals surface area contributed by atoms with E-state index in [4.69, 9.17) is 0 Å². The van der Waals surface area contributed by atoms with Gasteiger partial charge in [-0.05, 0) is 24.5 Å². The second-order valence-electron chi connectivity index (χ2n) is 3.32. The summed E-state index contributed by atoms with van der Waals surface area (Å²) < 4.78 is 0. The molecular formula is C9H18S. The lowest BCUT2D eigenvalue weighted by Crippen LogP contribution is -2.06. The van der Waals surface area contributed by atoms with Crippen LogP contribution in [0.4, 0.5) is 0 Å². The molecule has 0 N–H and O–H groups in total. The van der Waals surface area contributed by atoms with Gasteiger partial charge in [-0.1, -0.05) is 26.7 Å². The Bertz CT molecular complexity index is 90.7. The SMILES string of the molecule is CCCC[C@@H]1SCC[C@@H]1C. The summed E-state index contributed by atoms with van der Waals surface area (Å²) in [6, 6.07) is 0. The predicted octanol–water partition coefficient (Wildman–Crippen LogP) is 3.32. The highest BCUT2D eigenvalue weighted by Gasteiger charge is 2.22. The minimum absolute atomic E-state index is 0.997. The molecular weight excluding hydrogens is 140 g/mol. The molecule has 0 aliphatic carbocycles. The van der Waals surface area contributed by atoms with Crippen LogP contribution in [0.3, 0.4) is 0 Å². The zero-order valence-electron chi connectivity index (χ0n) is 7.10. The molecule has 0 aromatic carbocycles. The summed E-state index contributed by atoms with van der Waals surface area (Å²) in [5.41, 5.74) is 0. The van der Waals surface area contributed by atoms with E-state index in [1.807, 2.05) is 0 Å². The maximum atomic E-state index is 2.40. The molecule has 1 aliphatic rings. The lowest BCUT2D eigenvalue weighted by Gasteiger charge is -2.12. The van der Waals surface area contributed by atoms with Gasteiger partial charge in [0.2, 0.25) is 0 Å². The van der Waals surface area contributed by atoms with Gasteiger partial charge < -0.3 is 0 Å². The molecule has 1 fully saturated rings. The smallest absolute Gasteiger partial charge is 0.00729 e. The third-order valence-corrected chi connectivity index (χ3v) is 3.98. The van der Waals surface area contributed by atoms with Crippen LogP contribution in [0.5, 0.6) is 0 Å². The van der Waals surface area contributed by atoms with Gasteiger partial charge in [-0.15, -0.1) is 0 Å². The van der Waals surface area contributed by atoms with Gasteiger partial charge in [0.25, 0.3) is 0 Å². The first-order valence-electron chi connectivity index (χ1n) is 4.46. The van der Waals surface area contributed by atoms with Gasteiger partial charge in [0.05, 0.1) is 0 Å². The molecule has 0 unspecified atom stereocenters. The van der Waals surface area contributed by atoms with E-state index in [1.54, 1.807) is 0 Å². The van der Waals surface area contributed by atoms with E-state index in [1.165, 1.54) is 31.4 Å². The van der Waals surface area contributed by atoms with E-state index in [-0.39, 0.29) is 0 Å². The van der Waals surface area contributed by atoms with Crippen LogP contribution in [0, 0.1) is 5.92 Å². The molecule has 1 saturated heterocycles. The second kappa shape index (κ2) is 4.27. The summed E-state index contributed by atoms with van der Waals surface area (Å²) in [6.45, 7) is 4.69. The van der Waals surface area contributed by atoms with E-state index in [0.717, 1.165) is 11.2 Å². The predicted molar refractivity (Wildman–Crippen MR) is 49.6 cm³/mol. The number of hydrogen-bond acceptors (Lipinski definition) is 1. The van der Waals surface area contributed by atoms with Crippen molar-refractivity contribution in [2.75, 3.05) is 5.75 Å². The molecule has 1 aliphatic heterocycles. The summed E-state index contributed by atoms with van der Waals surface area (Å²) in [6.07, 6.45) is 5.72. The summed E-state index contributed by atoms with van der Waals surface area (Å²) in [7, 11) is 0. The minimum atomic E-state index is 0.997. The molecule has 0 radical (unpaired) electrons. The summed E-state index contributed by atoms with van der Waals surface area (Å²) in [5, 5.41) is 1.000. The second-order valence-corrected chi connectivity index (χ2v) is 4.66. The first-order valence-corrected chi connectivity index (χ1v) is 5.51. The van der Waals surface area contributed by atoms with Gasteiger partial charge in [-0.3, -0.25) is 0 Å². The van der Waals surface area contributed by atoms with Crippen molar-refractivity contribution in [3.8, 4) is 0 Å². The molecule has 60 valence electrons. The summed E-state index contributed by atoms with van der Waals surface area (Å²) in [5.74, 6) is 2.41. The van der Waals surface area contributed by atoms with E-state index in [2.05, 4.69) is 25.6 Å². The highest BCUT2D eigenvalue weighted by atomic mass is 32.2. The summed E-state index contributed by atoms with van der Waals surface area (Å²) in [4.78, 5) is 0. The third kappa shape index (κ3) is 2.19. The van der Waals surface area contributed by atoms with Gasteiger partial charge in [0.1, 0.15) is 0 Å². The Hall–Kier alpha value is 0.350. The molecule has 0 saturated carbocycles. The quantitative estimate of drug-likeness (QED) is 0.607. The first-order chi connectivity index (χ1) is 4.84. The molecule has 0 spiro atoms. The number of hydrogen-bond donors (Lipinski definition) is 0. The molecule has 1 heteroatoms. The third-order valence-electron chi connectivity index (χ3n) is 2.38. The summed E-state index contributed by atoms with van der Waals surface area (Å²) >= 11 is 2.19. The average Bonchev–Trinajstić information content (AvgIpc) is 2.31. The van der Waals surface area contributed by atoms with Crippen LogP contribution < -0.4 is 0 Å². The number of unbranched alkanes of at least 4 members (excludes halogenated alkanes) is 1. The first kappa shape index (κ1) is 8.45. The van der Waals surface area contributed by atoms with Crippen molar-refractivity contribution in [1.29, 1.82) is 0 Å². The van der Waals surface area contributed by atoms with E-state index in [0.29, 0.717) is 0 Å². The molecule has 0 nitrogen and oxygen atoms in total. The normalized spacial score (nSPS) is 33.0. The van der Waals surface area contributed by atoms with Crippen LogP contribution in [-0.4, -0.2) is 11.0 Å². The molecule has 0 aromatic rings. The van der Waals surface area contributed by atoms with Gasteiger partial charge in [0, 0.05) is 5.25 Å². The maximum absolute atomic E-state index is 2.40. The monoisotopic (exact) mass is 158 g/mol. The van der Waals surface area contributed by atoms with Crippen molar-refractivity contribution in [1.82, 2.24) is 0 Å². The molecule has 1 rings (SSSR count). The van der Waals surface area contributed by atoms with Gasteiger partial charge in [-0.25, -0.2) is 0 Å². The van der Waals surface area contributed by atoms with Crippen LogP contribution in [0.1, 0.15) is 39.5 Å².